The minimum Gasteiger partial charge on any atom is -0.496 e. The highest BCUT2D eigenvalue weighted by atomic mass is 16.5. The van der Waals surface area contributed by atoms with E-state index < -0.39 is 11.9 Å². The molecule has 4 atom stereocenters. The molecule has 9 rings (SSSR count). The Bertz CT molecular complexity index is 2590. The Balaban J connectivity index is 1.05. The molecular formula is C51H58N4O7. The van der Waals surface area contributed by atoms with E-state index in [9.17, 15) is 19.8 Å². The predicted molar refractivity (Wildman–Crippen MR) is 240 cm³/mol. The Hall–Kier alpha value is -5.62. The van der Waals surface area contributed by atoms with E-state index in [0.717, 1.165) is 113 Å². The zero-order valence-electron chi connectivity index (χ0n) is 36.2. The van der Waals surface area contributed by atoms with Crippen LogP contribution in [0.2, 0.25) is 0 Å². The van der Waals surface area contributed by atoms with Crippen LogP contribution in [-0.2, 0) is 24.2 Å². The van der Waals surface area contributed by atoms with Crippen LogP contribution < -0.4 is 9.47 Å². The number of fused-ring (bicyclic) bond motifs is 2. The lowest BCUT2D eigenvalue weighted by Gasteiger charge is -2.40. The number of rotatable bonds is 15. The second kappa shape index (κ2) is 17.6. The first kappa shape index (κ1) is 41.7. The van der Waals surface area contributed by atoms with Gasteiger partial charge in [-0.25, -0.2) is 9.59 Å². The number of H-pyrrole nitrogens is 2. The largest absolute Gasteiger partial charge is 0.496 e. The number of aromatic carboxylic acids is 2. The number of methoxy groups -OCH3 is 3. The summed E-state index contributed by atoms with van der Waals surface area (Å²) in [5.74, 6) is 1.59. The number of aryl methyl sites for hydroxylation is 1. The highest BCUT2D eigenvalue weighted by Crippen LogP contribution is 2.48. The van der Waals surface area contributed by atoms with Crippen molar-refractivity contribution in [3.63, 3.8) is 0 Å². The number of likely N-dealkylation sites (tertiary alicyclic amines) is 2. The summed E-state index contributed by atoms with van der Waals surface area (Å²) in [6.07, 6.45) is 11.0. The monoisotopic (exact) mass is 838 g/mol. The molecule has 6 aromatic rings. The molecule has 4 aromatic carbocycles. The van der Waals surface area contributed by atoms with Crippen LogP contribution in [0.15, 0.2) is 79.1 Å². The van der Waals surface area contributed by atoms with Gasteiger partial charge in [0.15, 0.2) is 0 Å². The molecule has 3 fully saturated rings. The summed E-state index contributed by atoms with van der Waals surface area (Å²) in [7, 11) is 5.20. The van der Waals surface area contributed by atoms with Gasteiger partial charge in [0.2, 0.25) is 0 Å². The number of nitrogens with one attached hydrogen (secondary N) is 2. The summed E-state index contributed by atoms with van der Waals surface area (Å²) >= 11 is 0. The average molecular weight is 839 g/mol. The van der Waals surface area contributed by atoms with E-state index in [4.69, 9.17) is 14.2 Å². The van der Waals surface area contributed by atoms with Crippen LogP contribution in [0.1, 0.15) is 110 Å². The van der Waals surface area contributed by atoms with E-state index in [-0.39, 0.29) is 17.6 Å². The first-order valence-electron chi connectivity index (χ1n) is 22.1. The van der Waals surface area contributed by atoms with Gasteiger partial charge in [-0.1, -0.05) is 24.3 Å². The van der Waals surface area contributed by atoms with Gasteiger partial charge in [0, 0.05) is 90.6 Å². The van der Waals surface area contributed by atoms with Gasteiger partial charge in [-0.05, 0) is 147 Å². The summed E-state index contributed by atoms with van der Waals surface area (Å²) in [4.78, 5) is 36.6. The van der Waals surface area contributed by atoms with E-state index >= 15 is 0 Å². The molecule has 2 aromatic heterocycles. The number of nitrogens with zero attached hydrogens (tertiary/aromatic N) is 2. The Morgan fingerprint density at radius 2 is 1.31 bits per heavy atom. The predicted octanol–water partition coefficient (Wildman–Crippen LogP) is 9.93. The fourth-order valence-electron chi connectivity index (χ4n) is 10.8. The Kier molecular flexibility index (Phi) is 11.9. The second-order valence-corrected chi connectivity index (χ2v) is 17.9. The minimum absolute atomic E-state index is 0.0611. The Morgan fingerprint density at radius 1 is 0.677 bits per heavy atom. The number of aromatic amines is 2. The van der Waals surface area contributed by atoms with Crippen LogP contribution in [0.25, 0.3) is 21.8 Å². The highest BCUT2D eigenvalue weighted by molar-refractivity contribution is 5.92. The van der Waals surface area contributed by atoms with E-state index in [2.05, 4.69) is 57.0 Å². The zero-order chi connectivity index (χ0) is 43.1. The van der Waals surface area contributed by atoms with E-state index in [1.54, 1.807) is 33.5 Å². The van der Waals surface area contributed by atoms with Crippen LogP contribution in [0.4, 0.5) is 0 Å². The van der Waals surface area contributed by atoms with Crippen molar-refractivity contribution in [2.75, 3.05) is 41.0 Å². The van der Waals surface area contributed by atoms with Gasteiger partial charge >= 0.3 is 11.9 Å². The molecule has 2 aliphatic heterocycles. The van der Waals surface area contributed by atoms with Crippen molar-refractivity contribution in [3.05, 3.63) is 129 Å². The molecule has 324 valence electrons. The van der Waals surface area contributed by atoms with E-state index in [1.165, 1.54) is 23.8 Å². The number of aromatic nitrogens is 2. The maximum absolute atomic E-state index is 12.9. The van der Waals surface area contributed by atoms with Crippen molar-refractivity contribution in [1.82, 2.24) is 19.8 Å². The molecule has 0 radical (unpaired) electrons. The minimum atomic E-state index is -0.938. The number of hydrogen-bond donors (Lipinski definition) is 4. The molecule has 0 bridgehead atoms. The fraction of sp³-hybridized carbons (Fsp3) is 0.412. The maximum atomic E-state index is 12.9. The number of carboxylic acids is 2. The maximum Gasteiger partial charge on any atom is 0.335 e. The van der Waals surface area contributed by atoms with Crippen LogP contribution in [0, 0.1) is 24.7 Å². The summed E-state index contributed by atoms with van der Waals surface area (Å²) in [6.45, 7) is 5.95. The van der Waals surface area contributed by atoms with E-state index in [1.807, 2.05) is 36.7 Å². The number of piperidine rings is 2. The molecule has 62 heavy (non-hydrogen) atoms. The molecule has 0 unspecified atom stereocenters. The molecule has 4 N–H and O–H groups in total. The molecule has 4 heterocycles. The van der Waals surface area contributed by atoms with Crippen LogP contribution in [-0.4, -0.2) is 82.9 Å². The Morgan fingerprint density at radius 3 is 1.95 bits per heavy atom. The van der Waals surface area contributed by atoms with Crippen LogP contribution >= 0.6 is 0 Å². The zero-order valence-corrected chi connectivity index (χ0v) is 36.2. The van der Waals surface area contributed by atoms with Crippen LogP contribution in [0.3, 0.4) is 0 Å². The van der Waals surface area contributed by atoms with Crippen molar-refractivity contribution in [1.29, 1.82) is 0 Å². The first-order valence-corrected chi connectivity index (χ1v) is 22.1. The molecule has 0 amide bonds. The lowest BCUT2D eigenvalue weighted by Crippen LogP contribution is -2.37. The highest BCUT2D eigenvalue weighted by Gasteiger charge is 2.39. The number of carboxylic acid groups (broad SMARTS) is 2. The first-order chi connectivity index (χ1) is 30.1. The van der Waals surface area contributed by atoms with Crippen molar-refractivity contribution in [2.24, 2.45) is 17.8 Å². The molecule has 11 nitrogen and oxygen atoms in total. The quantitative estimate of drug-likeness (QED) is 0.0796. The van der Waals surface area contributed by atoms with Gasteiger partial charge in [0.05, 0.1) is 25.3 Å². The van der Waals surface area contributed by atoms with Gasteiger partial charge in [-0.2, -0.15) is 0 Å². The van der Waals surface area contributed by atoms with Crippen molar-refractivity contribution < 1.29 is 34.0 Å². The third-order valence-electron chi connectivity index (χ3n) is 14.2. The van der Waals surface area contributed by atoms with Gasteiger partial charge < -0.3 is 34.4 Å². The normalized spacial score (nSPS) is 21.1. The summed E-state index contributed by atoms with van der Waals surface area (Å²) in [5, 5.41) is 22.4. The molecular weight excluding hydrogens is 781 g/mol. The number of carbonyl (C=O) groups is 2. The van der Waals surface area contributed by atoms with Gasteiger partial charge in [-0.15, -0.1) is 0 Å². The van der Waals surface area contributed by atoms with Crippen molar-refractivity contribution in [2.45, 2.75) is 77.0 Å². The molecule has 0 spiro atoms. The van der Waals surface area contributed by atoms with Crippen molar-refractivity contribution in [3.8, 4) is 11.5 Å². The lowest BCUT2D eigenvalue weighted by molar-refractivity contribution is 0.0579. The van der Waals surface area contributed by atoms with Crippen LogP contribution in [0.5, 0.6) is 11.5 Å². The molecule has 3 aliphatic rings. The number of benzene rings is 4. The van der Waals surface area contributed by atoms with Crippen molar-refractivity contribution >= 4 is 33.7 Å². The molecule has 1 aliphatic carbocycles. The third kappa shape index (κ3) is 8.21. The SMILES string of the molecule is COC[C@H]1CCN(Cc2c(OC)cc(Cc3cc([C@@H]4C[C@H](C5CC5)CCN4Cc4c(OC)cc(C)c5[nH]ccc45)ccc3C(=O)O)c3[nH]ccc23)[C@H](c2ccc(C(=O)O)cc2)C1. The van der Waals surface area contributed by atoms with Gasteiger partial charge in [0.25, 0.3) is 0 Å². The molecule has 11 heteroatoms. The summed E-state index contributed by atoms with van der Waals surface area (Å²) in [5.41, 5.74) is 10.0. The number of ether oxygens (including phenoxy) is 3. The third-order valence-corrected chi connectivity index (χ3v) is 14.2. The standard InChI is InChI=1S/C51H58N4O7/c1-30-21-46(61-3)42(40-13-17-52-48(30)40)27-55-20-16-35(32-5-6-32)25-45(55)36-11-12-39(51(58)59)37(23-36)24-38-26-47(62-4)43(41-14-18-53-49(38)41)28-54-19-15-31(29-60-2)22-44(54)33-7-9-34(10-8-33)50(56)57/h7-14,17-18,21,23,26,31-32,35,44-45,52-53H,5-6,15-16,19-20,22,24-25,27-29H2,1-4H3,(H,56,57)(H,58,59)/t31-,35+,44-,45-/m0/s1. The summed E-state index contributed by atoms with van der Waals surface area (Å²) < 4.78 is 17.8. The lowest BCUT2D eigenvalue weighted by atomic mass is 9.82. The van der Waals surface area contributed by atoms with E-state index in [0.29, 0.717) is 37.0 Å². The number of hydrogen-bond acceptors (Lipinski definition) is 7. The fourth-order valence-corrected chi connectivity index (χ4v) is 10.8. The molecule has 1 saturated carbocycles. The van der Waals surface area contributed by atoms with Gasteiger partial charge in [-0.3, -0.25) is 9.80 Å². The second-order valence-electron chi connectivity index (χ2n) is 17.9. The van der Waals surface area contributed by atoms with Gasteiger partial charge in [0.1, 0.15) is 11.5 Å². The molecule has 2 saturated heterocycles. The average Bonchev–Trinajstić information content (AvgIpc) is 3.78. The Labute approximate surface area is 363 Å². The summed E-state index contributed by atoms with van der Waals surface area (Å²) in [6, 6.07) is 21.9. The topological polar surface area (TPSA) is 140 Å². The smallest absolute Gasteiger partial charge is 0.335 e.